The molecule has 1 aromatic carbocycles. The molecule has 4 aliphatic rings. The lowest BCUT2D eigenvalue weighted by atomic mass is 9.94. The number of rotatable bonds is 5. The van der Waals surface area contributed by atoms with Crippen LogP contribution in [0.15, 0.2) is 40.8 Å². The SMILES string of the molecule is N#Cc1ccccc1-c1ccc(CN2C[C@H]3CC[C@@H](C2)N(CC2CC2)C3=O)o1. The van der Waals surface area contributed by atoms with Crippen molar-refractivity contribution in [2.45, 2.75) is 38.3 Å². The van der Waals surface area contributed by atoms with E-state index in [1.54, 1.807) is 0 Å². The summed E-state index contributed by atoms with van der Waals surface area (Å²) in [5.41, 5.74) is 1.45. The van der Waals surface area contributed by atoms with E-state index < -0.39 is 0 Å². The summed E-state index contributed by atoms with van der Waals surface area (Å²) in [5.74, 6) is 2.87. The fraction of sp³-hybridized carbons (Fsp3) is 0.478. The average Bonchev–Trinajstić information content (AvgIpc) is 3.47. The second kappa shape index (κ2) is 7.10. The third-order valence-electron chi connectivity index (χ3n) is 6.37. The van der Waals surface area contributed by atoms with E-state index in [9.17, 15) is 10.1 Å². The molecule has 4 fully saturated rings. The fourth-order valence-corrected chi connectivity index (χ4v) is 4.70. The van der Waals surface area contributed by atoms with E-state index >= 15 is 0 Å². The highest BCUT2D eigenvalue weighted by Gasteiger charge is 2.42. The molecule has 6 rings (SSSR count). The molecule has 1 saturated carbocycles. The van der Waals surface area contributed by atoms with Gasteiger partial charge in [-0.05, 0) is 55.9 Å². The molecule has 1 amide bonds. The van der Waals surface area contributed by atoms with Crippen LogP contribution in [0.5, 0.6) is 0 Å². The van der Waals surface area contributed by atoms with Gasteiger partial charge in [0.15, 0.2) is 0 Å². The highest BCUT2D eigenvalue weighted by atomic mass is 16.3. The van der Waals surface area contributed by atoms with Crippen LogP contribution < -0.4 is 0 Å². The largest absolute Gasteiger partial charge is 0.460 e. The van der Waals surface area contributed by atoms with Crippen LogP contribution in [0.25, 0.3) is 11.3 Å². The maximum absolute atomic E-state index is 12.9. The molecular formula is C23H25N3O2. The van der Waals surface area contributed by atoms with Gasteiger partial charge in [-0.2, -0.15) is 5.26 Å². The molecule has 0 N–H and O–H groups in total. The van der Waals surface area contributed by atoms with E-state index in [1.807, 2.05) is 36.4 Å². The standard InChI is InChI=1S/C23H25N3O2/c24-11-17-3-1-2-4-21(17)22-10-9-20(28-22)15-25-13-18-7-8-19(14-25)26(23(18)27)12-16-5-6-16/h1-4,9-10,16,18-19H,5-8,12-15H2/t18-,19+/m1/s1. The van der Waals surface area contributed by atoms with Crippen molar-refractivity contribution in [3.63, 3.8) is 0 Å². The Bertz CT molecular complexity index is 924. The van der Waals surface area contributed by atoms with Gasteiger partial charge in [0.1, 0.15) is 11.5 Å². The predicted molar refractivity (Wildman–Crippen MR) is 105 cm³/mol. The minimum atomic E-state index is 0.131. The Labute approximate surface area is 165 Å². The number of hydrogen-bond acceptors (Lipinski definition) is 4. The first-order chi connectivity index (χ1) is 13.7. The molecule has 1 aromatic heterocycles. The zero-order valence-corrected chi connectivity index (χ0v) is 16.0. The molecule has 1 aliphatic carbocycles. The summed E-state index contributed by atoms with van der Waals surface area (Å²) in [7, 11) is 0. The van der Waals surface area contributed by atoms with Crippen molar-refractivity contribution in [2.75, 3.05) is 19.6 Å². The second-order valence-electron chi connectivity index (χ2n) is 8.48. The Morgan fingerprint density at radius 3 is 2.75 bits per heavy atom. The maximum atomic E-state index is 12.9. The monoisotopic (exact) mass is 375 g/mol. The number of amides is 1. The van der Waals surface area contributed by atoms with Crippen molar-refractivity contribution in [3.05, 3.63) is 47.7 Å². The van der Waals surface area contributed by atoms with Gasteiger partial charge >= 0.3 is 0 Å². The number of benzene rings is 1. The van der Waals surface area contributed by atoms with Crippen LogP contribution in [-0.2, 0) is 11.3 Å². The van der Waals surface area contributed by atoms with Gasteiger partial charge in [-0.25, -0.2) is 0 Å². The Balaban J connectivity index is 1.31. The molecule has 0 radical (unpaired) electrons. The van der Waals surface area contributed by atoms with E-state index in [-0.39, 0.29) is 5.92 Å². The fourth-order valence-electron chi connectivity index (χ4n) is 4.70. The van der Waals surface area contributed by atoms with Crippen molar-refractivity contribution >= 4 is 5.91 Å². The molecule has 4 heterocycles. The number of piperidine rings is 1. The number of carbonyl (C=O) groups excluding carboxylic acids is 1. The molecule has 2 bridgehead atoms. The van der Waals surface area contributed by atoms with Gasteiger partial charge in [0, 0.05) is 31.2 Å². The molecule has 144 valence electrons. The van der Waals surface area contributed by atoms with Gasteiger partial charge in [0.25, 0.3) is 0 Å². The molecule has 2 atom stereocenters. The quantitative estimate of drug-likeness (QED) is 0.800. The van der Waals surface area contributed by atoms with Crippen LogP contribution in [0.1, 0.15) is 37.0 Å². The predicted octanol–water partition coefficient (Wildman–Crippen LogP) is 3.65. The number of fused-ring (bicyclic) bond motifs is 4. The van der Waals surface area contributed by atoms with Crippen molar-refractivity contribution < 1.29 is 9.21 Å². The van der Waals surface area contributed by atoms with Crippen LogP contribution in [0, 0.1) is 23.2 Å². The Hall–Kier alpha value is -2.58. The number of nitrogens with zero attached hydrogens (tertiary/aromatic N) is 3. The smallest absolute Gasteiger partial charge is 0.227 e. The van der Waals surface area contributed by atoms with Crippen LogP contribution in [0.2, 0.25) is 0 Å². The number of hydrogen-bond donors (Lipinski definition) is 0. The van der Waals surface area contributed by atoms with Crippen molar-refractivity contribution in [1.29, 1.82) is 5.26 Å². The van der Waals surface area contributed by atoms with Gasteiger partial charge in [-0.15, -0.1) is 0 Å². The summed E-state index contributed by atoms with van der Waals surface area (Å²) < 4.78 is 6.08. The van der Waals surface area contributed by atoms with E-state index in [2.05, 4.69) is 15.9 Å². The van der Waals surface area contributed by atoms with Gasteiger partial charge < -0.3 is 9.32 Å². The summed E-state index contributed by atoms with van der Waals surface area (Å²) in [5, 5.41) is 9.32. The third kappa shape index (κ3) is 3.33. The lowest BCUT2D eigenvalue weighted by Gasteiger charge is -2.36. The highest BCUT2D eigenvalue weighted by Crippen LogP contribution is 2.36. The lowest BCUT2D eigenvalue weighted by Crippen LogP contribution is -2.48. The van der Waals surface area contributed by atoms with Gasteiger partial charge in [0.05, 0.1) is 24.1 Å². The average molecular weight is 375 g/mol. The summed E-state index contributed by atoms with van der Waals surface area (Å²) in [6.45, 7) is 3.43. The normalized spacial score (nSPS) is 25.0. The van der Waals surface area contributed by atoms with Gasteiger partial charge in [0.2, 0.25) is 5.91 Å². The van der Waals surface area contributed by atoms with Gasteiger partial charge in [-0.1, -0.05) is 12.1 Å². The van der Waals surface area contributed by atoms with Crippen LogP contribution in [0.3, 0.4) is 0 Å². The summed E-state index contributed by atoms with van der Waals surface area (Å²) in [6.07, 6.45) is 4.70. The zero-order valence-electron chi connectivity index (χ0n) is 16.0. The molecule has 5 heteroatoms. The van der Waals surface area contributed by atoms with Crippen molar-refractivity contribution in [3.8, 4) is 17.4 Å². The molecule has 28 heavy (non-hydrogen) atoms. The van der Waals surface area contributed by atoms with Crippen LogP contribution >= 0.6 is 0 Å². The topological polar surface area (TPSA) is 60.5 Å². The van der Waals surface area contributed by atoms with Crippen LogP contribution in [-0.4, -0.2) is 41.4 Å². The van der Waals surface area contributed by atoms with Crippen molar-refractivity contribution in [2.24, 2.45) is 11.8 Å². The molecule has 5 nitrogen and oxygen atoms in total. The van der Waals surface area contributed by atoms with Gasteiger partial charge in [-0.3, -0.25) is 9.69 Å². The summed E-state index contributed by atoms with van der Waals surface area (Å²) in [6, 6.07) is 14.0. The Morgan fingerprint density at radius 1 is 1.07 bits per heavy atom. The zero-order chi connectivity index (χ0) is 19.1. The first-order valence-electron chi connectivity index (χ1n) is 10.3. The highest BCUT2D eigenvalue weighted by molar-refractivity contribution is 5.80. The maximum Gasteiger partial charge on any atom is 0.227 e. The van der Waals surface area contributed by atoms with Crippen LogP contribution in [0.4, 0.5) is 0 Å². The molecule has 3 aliphatic heterocycles. The molecule has 0 spiro atoms. The number of furan rings is 1. The molecule has 3 saturated heterocycles. The molecule has 0 unspecified atom stereocenters. The number of nitriles is 1. The Morgan fingerprint density at radius 2 is 1.93 bits per heavy atom. The van der Waals surface area contributed by atoms with E-state index in [4.69, 9.17) is 4.42 Å². The second-order valence-corrected chi connectivity index (χ2v) is 8.48. The number of carbonyl (C=O) groups is 1. The minimum Gasteiger partial charge on any atom is -0.460 e. The van der Waals surface area contributed by atoms with E-state index in [1.165, 1.54) is 12.8 Å². The summed E-state index contributed by atoms with van der Waals surface area (Å²) >= 11 is 0. The van der Waals surface area contributed by atoms with E-state index in [0.717, 1.165) is 55.5 Å². The minimum absolute atomic E-state index is 0.131. The lowest BCUT2D eigenvalue weighted by molar-refractivity contribution is -0.140. The molecule has 2 aromatic rings. The first-order valence-corrected chi connectivity index (χ1v) is 10.3. The summed E-state index contributed by atoms with van der Waals surface area (Å²) in [4.78, 5) is 17.4. The third-order valence-corrected chi connectivity index (χ3v) is 6.37. The Kier molecular flexibility index (Phi) is 4.44. The first kappa shape index (κ1) is 17.5. The van der Waals surface area contributed by atoms with Crippen molar-refractivity contribution in [1.82, 2.24) is 9.80 Å². The molecular weight excluding hydrogens is 350 g/mol. The van der Waals surface area contributed by atoms with E-state index in [0.29, 0.717) is 24.1 Å².